The Morgan fingerprint density at radius 1 is 1.24 bits per heavy atom. The number of hydrogen-bond donors (Lipinski definition) is 2. The van der Waals surface area contributed by atoms with Gasteiger partial charge in [0.25, 0.3) is 5.91 Å². The summed E-state index contributed by atoms with van der Waals surface area (Å²) in [6, 6.07) is 0.392. The van der Waals surface area contributed by atoms with Crippen molar-refractivity contribution >= 4 is 23.3 Å². The second-order valence-corrected chi connectivity index (χ2v) is 8.20. The second-order valence-electron chi connectivity index (χ2n) is 7.26. The predicted molar refractivity (Wildman–Crippen MR) is 101 cm³/mol. The Labute approximate surface area is 154 Å². The van der Waals surface area contributed by atoms with Crippen LogP contribution in [0.2, 0.25) is 0 Å². The zero-order chi connectivity index (χ0) is 18.4. The van der Waals surface area contributed by atoms with E-state index in [0.29, 0.717) is 12.2 Å². The molecule has 0 radical (unpaired) electrons. The molecule has 0 unspecified atom stereocenters. The summed E-state index contributed by atoms with van der Waals surface area (Å²) in [7, 11) is 0. The molecule has 1 aliphatic carbocycles. The molecule has 0 bridgehead atoms. The molecule has 1 heterocycles. The van der Waals surface area contributed by atoms with Gasteiger partial charge in [-0.25, -0.2) is 9.78 Å². The summed E-state index contributed by atoms with van der Waals surface area (Å²) in [5.74, 6) is -0.166. The summed E-state index contributed by atoms with van der Waals surface area (Å²) in [6.07, 6.45) is 5.77. The molecule has 1 fully saturated rings. The molecule has 1 aromatic heterocycles. The summed E-state index contributed by atoms with van der Waals surface area (Å²) >= 11 is 1.42. The fraction of sp³-hybridized carbons (Fsp3) is 0.722. The molecule has 6 nitrogen and oxygen atoms in total. The van der Waals surface area contributed by atoms with Crippen LogP contribution in [0.5, 0.6) is 0 Å². The van der Waals surface area contributed by atoms with Crippen LogP contribution in [-0.4, -0.2) is 39.9 Å². The largest absolute Gasteiger partial charge is 0.349 e. The van der Waals surface area contributed by atoms with E-state index < -0.39 is 0 Å². The molecule has 1 saturated carbocycles. The van der Waals surface area contributed by atoms with E-state index in [1.165, 1.54) is 30.6 Å². The molecule has 25 heavy (non-hydrogen) atoms. The number of nitrogens with zero attached hydrogens (tertiary/aromatic N) is 2. The fourth-order valence-corrected chi connectivity index (χ4v) is 3.74. The minimum absolute atomic E-state index is 0.0368. The Kier molecular flexibility index (Phi) is 7.23. The topological polar surface area (TPSA) is 74.3 Å². The van der Waals surface area contributed by atoms with E-state index in [9.17, 15) is 9.59 Å². The molecule has 3 amide bonds. The Bertz CT molecular complexity index is 579. The lowest BCUT2D eigenvalue weighted by atomic mass is 9.96. The first kappa shape index (κ1) is 19.7. The molecule has 2 rings (SSSR count). The summed E-state index contributed by atoms with van der Waals surface area (Å²) in [6.45, 7) is 8.26. The highest BCUT2D eigenvalue weighted by molar-refractivity contribution is 7.09. The average Bonchev–Trinajstić information content (AvgIpc) is 3.01. The average molecular weight is 367 g/mol. The van der Waals surface area contributed by atoms with Crippen molar-refractivity contribution in [2.24, 2.45) is 0 Å². The third-order valence-corrected chi connectivity index (χ3v) is 5.16. The lowest BCUT2D eigenvalue weighted by Crippen LogP contribution is -2.47. The third-order valence-electron chi connectivity index (χ3n) is 4.33. The van der Waals surface area contributed by atoms with Gasteiger partial charge in [0.1, 0.15) is 10.7 Å². The molecule has 0 aromatic carbocycles. The van der Waals surface area contributed by atoms with E-state index in [1.54, 1.807) is 10.3 Å². The van der Waals surface area contributed by atoms with E-state index in [1.807, 2.05) is 27.7 Å². The minimum Gasteiger partial charge on any atom is -0.349 e. The Hall–Kier alpha value is -1.63. The van der Waals surface area contributed by atoms with Crippen molar-refractivity contribution in [2.75, 3.05) is 0 Å². The van der Waals surface area contributed by atoms with Crippen LogP contribution in [0.4, 0.5) is 4.79 Å². The first-order valence-electron chi connectivity index (χ1n) is 9.19. The van der Waals surface area contributed by atoms with Crippen molar-refractivity contribution in [3.8, 4) is 0 Å². The normalized spacial score (nSPS) is 15.4. The van der Waals surface area contributed by atoms with E-state index in [0.717, 1.165) is 17.8 Å². The maximum atomic E-state index is 12.7. The maximum absolute atomic E-state index is 12.7. The molecule has 0 atom stereocenters. The fourth-order valence-electron chi connectivity index (χ4n) is 2.96. The summed E-state index contributed by atoms with van der Waals surface area (Å²) in [5, 5.41) is 8.53. The van der Waals surface area contributed by atoms with Gasteiger partial charge in [-0.05, 0) is 40.5 Å². The van der Waals surface area contributed by atoms with Gasteiger partial charge >= 0.3 is 6.03 Å². The molecular formula is C18H30N4O2S. The van der Waals surface area contributed by atoms with Crippen LogP contribution in [0.25, 0.3) is 0 Å². The molecule has 0 saturated heterocycles. The van der Waals surface area contributed by atoms with Crippen LogP contribution in [0.15, 0.2) is 5.38 Å². The van der Waals surface area contributed by atoms with Gasteiger partial charge in [-0.3, -0.25) is 4.79 Å². The highest BCUT2D eigenvalue weighted by atomic mass is 32.1. The number of carbonyl (C=O) groups is 2. The van der Waals surface area contributed by atoms with Gasteiger partial charge in [0.15, 0.2) is 0 Å². The Morgan fingerprint density at radius 2 is 1.92 bits per heavy atom. The van der Waals surface area contributed by atoms with Crippen molar-refractivity contribution in [2.45, 2.75) is 84.5 Å². The van der Waals surface area contributed by atoms with Crippen molar-refractivity contribution < 1.29 is 9.59 Å². The van der Waals surface area contributed by atoms with Gasteiger partial charge in [-0.1, -0.05) is 19.3 Å². The van der Waals surface area contributed by atoms with Crippen molar-refractivity contribution in [1.82, 2.24) is 20.5 Å². The molecule has 2 N–H and O–H groups in total. The molecule has 7 heteroatoms. The van der Waals surface area contributed by atoms with Gasteiger partial charge in [-0.2, -0.15) is 0 Å². The molecule has 0 spiro atoms. The smallest absolute Gasteiger partial charge is 0.318 e. The molecule has 140 valence electrons. The van der Waals surface area contributed by atoms with E-state index in [2.05, 4.69) is 15.6 Å². The first-order chi connectivity index (χ1) is 11.9. The number of aromatic nitrogens is 1. The lowest BCUT2D eigenvalue weighted by molar-refractivity contribution is 0.0938. The van der Waals surface area contributed by atoms with Gasteiger partial charge in [0, 0.05) is 23.5 Å². The van der Waals surface area contributed by atoms with Crippen LogP contribution in [0, 0.1) is 0 Å². The van der Waals surface area contributed by atoms with Crippen LogP contribution in [0.3, 0.4) is 0 Å². The quantitative estimate of drug-likeness (QED) is 0.809. The van der Waals surface area contributed by atoms with Crippen molar-refractivity contribution in [3.05, 3.63) is 16.1 Å². The minimum atomic E-state index is -0.166. The summed E-state index contributed by atoms with van der Waals surface area (Å²) in [5.41, 5.74) is 0.421. The SMILES string of the molecule is CC(C)NC(=O)c1csc(CN(C(=O)NC2CCCCC2)C(C)C)n1. The predicted octanol–water partition coefficient (Wildman–Crippen LogP) is 3.53. The van der Waals surface area contributed by atoms with Gasteiger partial charge < -0.3 is 15.5 Å². The van der Waals surface area contributed by atoms with Crippen molar-refractivity contribution in [1.29, 1.82) is 0 Å². The van der Waals surface area contributed by atoms with Crippen molar-refractivity contribution in [3.63, 3.8) is 0 Å². The monoisotopic (exact) mass is 366 g/mol. The number of urea groups is 1. The summed E-state index contributed by atoms with van der Waals surface area (Å²) < 4.78 is 0. The molecule has 0 aliphatic heterocycles. The van der Waals surface area contributed by atoms with E-state index in [-0.39, 0.29) is 30.1 Å². The highest BCUT2D eigenvalue weighted by Gasteiger charge is 2.23. The lowest BCUT2D eigenvalue weighted by Gasteiger charge is -2.30. The summed E-state index contributed by atoms with van der Waals surface area (Å²) in [4.78, 5) is 30.9. The second kappa shape index (κ2) is 9.17. The van der Waals surface area contributed by atoms with E-state index >= 15 is 0 Å². The molecule has 1 aliphatic rings. The van der Waals surface area contributed by atoms with Crippen LogP contribution >= 0.6 is 11.3 Å². The number of thiazole rings is 1. The molecular weight excluding hydrogens is 336 g/mol. The van der Waals surface area contributed by atoms with Gasteiger partial charge in [0.2, 0.25) is 0 Å². The number of carbonyl (C=O) groups excluding carboxylic acids is 2. The van der Waals surface area contributed by atoms with Crippen LogP contribution in [-0.2, 0) is 6.54 Å². The van der Waals surface area contributed by atoms with E-state index in [4.69, 9.17) is 0 Å². The Balaban J connectivity index is 1.97. The zero-order valence-corrected chi connectivity index (χ0v) is 16.5. The maximum Gasteiger partial charge on any atom is 0.318 e. The highest BCUT2D eigenvalue weighted by Crippen LogP contribution is 2.19. The number of nitrogens with one attached hydrogen (secondary N) is 2. The first-order valence-corrected chi connectivity index (χ1v) is 10.1. The zero-order valence-electron chi connectivity index (χ0n) is 15.7. The number of hydrogen-bond acceptors (Lipinski definition) is 4. The Morgan fingerprint density at radius 3 is 2.52 bits per heavy atom. The van der Waals surface area contributed by atoms with Crippen LogP contribution in [0.1, 0.15) is 75.3 Å². The van der Waals surface area contributed by atoms with Crippen LogP contribution < -0.4 is 10.6 Å². The molecule has 1 aromatic rings. The van der Waals surface area contributed by atoms with Gasteiger partial charge in [0.05, 0.1) is 6.54 Å². The number of amides is 3. The standard InChI is InChI=1S/C18H30N4O2S/c1-12(2)19-17(23)15-11-25-16(21-15)10-22(13(3)4)18(24)20-14-8-6-5-7-9-14/h11-14H,5-10H2,1-4H3,(H,19,23)(H,20,24). The van der Waals surface area contributed by atoms with Gasteiger partial charge in [-0.15, -0.1) is 11.3 Å². The third kappa shape index (κ3) is 5.99. The number of rotatable bonds is 6.